The smallest absolute Gasteiger partial charge is 0.243 e. The van der Waals surface area contributed by atoms with E-state index in [2.05, 4.69) is 5.32 Å². The van der Waals surface area contributed by atoms with E-state index in [0.717, 1.165) is 32.1 Å². The summed E-state index contributed by atoms with van der Waals surface area (Å²) in [6, 6.07) is 5.95. The Kier molecular flexibility index (Phi) is 7.14. The van der Waals surface area contributed by atoms with Crippen molar-refractivity contribution in [2.24, 2.45) is 5.92 Å². The third-order valence-electron chi connectivity index (χ3n) is 7.23. The minimum atomic E-state index is -3.48. The van der Waals surface area contributed by atoms with Gasteiger partial charge in [0.25, 0.3) is 0 Å². The monoisotopic (exact) mass is 432 g/mol. The molecule has 6 heteroatoms. The van der Waals surface area contributed by atoms with Gasteiger partial charge in [-0.2, -0.15) is 4.31 Å². The summed E-state index contributed by atoms with van der Waals surface area (Å²) in [4.78, 5) is 13.2. The van der Waals surface area contributed by atoms with Crippen LogP contribution in [0.25, 0.3) is 0 Å². The predicted molar refractivity (Wildman–Crippen MR) is 119 cm³/mol. The number of piperidine rings is 1. The average molecular weight is 433 g/mol. The van der Waals surface area contributed by atoms with Gasteiger partial charge in [0.05, 0.1) is 4.90 Å². The highest BCUT2D eigenvalue weighted by molar-refractivity contribution is 7.89. The molecule has 1 N–H and O–H groups in total. The molecular weight excluding hydrogens is 396 g/mol. The average Bonchev–Trinajstić information content (AvgIpc) is 2.75. The fourth-order valence-electron chi connectivity index (χ4n) is 5.30. The number of rotatable bonds is 4. The Morgan fingerprint density at radius 2 is 1.47 bits per heavy atom. The Bertz CT molecular complexity index is 836. The van der Waals surface area contributed by atoms with Crippen LogP contribution in [-0.4, -0.2) is 37.8 Å². The molecule has 0 radical (unpaired) electrons. The summed E-state index contributed by atoms with van der Waals surface area (Å²) in [5.74, 6) is 0.0665. The highest BCUT2D eigenvalue weighted by atomic mass is 32.2. The van der Waals surface area contributed by atoms with Gasteiger partial charge in [-0.1, -0.05) is 38.2 Å². The first-order valence-electron chi connectivity index (χ1n) is 12.0. The first-order valence-corrected chi connectivity index (χ1v) is 13.4. The van der Waals surface area contributed by atoms with Crippen LogP contribution < -0.4 is 5.32 Å². The minimum absolute atomic E-state index is 0.0644. The summed E-state index contributed by atoms with van der Waals surface area (Å²) in [5.41, 5.74) is 2.49. The van der Waals surface area contributed by atoms with Gasteiger partial charge in [0, 0.05) is 25.0 Å². The number of nitrogens with one attached hydrogen (secondary N) is 1. The van der Waals surface area contributed by atoms with Crippen molar-refractivity contribution in [3.05, 3.63) is 29.3 Å². The lowest BCUT2D eigenvalue weighted by atomic mass is 9.92. The molecule has 0 bridgehead atoms. The second kappa shape index (κ2) is 9.82. The molecule has 30 heavy (non-hydrogen) atoms. The summed E-state index contributed by atoms with van der Waals surface area (Å²) in [7, 11) is -3.48. The van der Waals surface area contributed by atoms with Crippen LogP contribution in [0, 0.1) is 5.92 Å². The number of amides is 1. The van der Waals surface area contributed by atoms with Gasteiger partial charge >= 0.3 is 0 Å². The lowest BCUT2D eigenvalue weighted by Gasteiger charge is -2.32. The van der Waals surface area contributed by atoms with Crippen molar-refractivity contribution in [3.63, 3.8) is 0 Å². The number of aryl methyl sites for hydroxylation is 2. The summed E-state index contributed by atoms with van der Waals surface area (Å²) in [5, 5.41) is 3.27. The first kappa shape index (κ1) is 21.8. The van der Waals surface area contributed by atoms with E-state index in [4.69, 9.17) is 0 Å². The van der Waals surface area contributed by atoms with Gasteiger partial charge in [-0.25, -0.2) is 8.42 Å². The Morgan fingerprint density at radius 3 is 2.17 bits per heavy atom. The van der Waals surface area contributed by atoms with Crippen molar-refractivity contribution in [2.75, 3.05) is 13.1 Å². The number of carbonyl (C=O) groups excluding carboxylic acids is 1. The predicted octanol–water partition coefficient (Wildman–Crippen LogP) is 4.20. The molecule has 2 fully saturated rings. The van der Waals surface area contributed by atoms with Crippen LogP contribution in [-0.2, 0) is 27.7 Å². The van der Waals surface area contributed by atoms with E-state index in [1.165, 1.54) is 49.7 Å². The van der Waals surface area contributed by atoms with Crippen LogP contribution in [0.4, 0.5) is 0 Å². The van der Waals surface area contributed by atoms with Crippen LogP contribution in [0.3, 0.4) is 0 Å². The molecule has 1 aromatic rings. The zero-order chi connectivity index (χ0) is 21.0. The van der Waals surface area contributed by atoms with E-state index in [9.17, 15) is 13.2 Å². The molecule has 4 rings (SSSR count). The molecule has 5 nitrogen and oxygen atoms in total. The van der Waals surface area contributed by atoms with E-state index >= 15 is 0 Å². The lowest BCUT2D eigenvalue weighted by molar-refractivity contribution is -0.127. The molecule has 0 spiro atoms. The number of benzene rings is 1. The maximum Gasteiger partial charge on any atom is 0.243 e. The zero-order valence-electron chi connectivity index (χ0n) is 18.1. The standard InChI is InChI=1S/C24H36N2O3S/c27-24(25-22-10-4-2-1-3-5-11-22)20-14-16-26(17-15-20)30(28,29)23-13-12-19-8-6-7-9-21(19)18-23/h12-13,18,20,22H,1-11,14-17H2,(H,25,27). The van der Waals surface area contributed by atoms with E-state index in [-0.39, 0.29) is 11.8 Å². The number of carbonyl (C=O) groups is 1. The zero-order valence-corrected chi connectivity index (χ0v) is 18.9. The molecule has 0 aromatic heterocycles. The van der Waals surface area contributed by atoms with Gasteiger partial charge in [0.2, 0.25) is 15.9 Å². The van der Waals surface area contributed by atoms with Crippen molar-refractivity contribution >= 4 is 15.9 Å². The van der Waals surface area contributed by atoms with Gasteiger partial charge in [-0.3, -0.25) is 4.79 Å². The third kappa shape index (κ3) is 5.08. The highest BCUT2D eigenvalue weighted by Crippen LogP contribution is 2.28. The fraction of sp³-hybridized carbons (Fsp3) is 0.708. The molecule has 1 heterocycles. The van der Waals surface area contributed by atoms with Crippen molar-refractivity contribution < 1.29 is 13.2 Å². The second-order valence-electron chi connectivity index (χ2n) is 9.37. The third-order valence-corrected chi connectivity index (χ3v) is 9.13. The topological polar surface area (TPSA) is 66.5 Å². The van der Waals surface area contributed by atoms with E-state index in [1.54, 1.807) is 10.4 Å². The molecule has 0 unspecified atom stereocenters. The SMILES string of the molecule is O=C(NC1CCCCCCC1)C1CCN(S(=O)(=O)c2ccc3c(c2)CCCC3)CC1. The van der Waals surface area contributed by atoms with Gasteiger partial charge < -0.3 is 5.32 Å². The largest absolute Gasteiger partial charge is 0.353 e. The second-order valence-corrected chi connectivity index (χ2v) is 11.3. The lowest BCUT2D eigenvalue weighted by Crippen LogP contribution is -2.45. The Morgan fingerprint density at radius 1 is 0.833 bits per heavy atom. The summed E-state index contributed by atoms with van der Waals surface area (Å²) < 4.78 is 27.9. The number of hydrogen-bond donors (Lipinski definition) is 1. The quantitative estimate of drug-likeness (QED) is 0.776. The van der Waals surface area contributed by atoms with Crippen LogP contribution in [0.2, 0.25) is 0 Å². The van der Waals surface area contributed by atoms with Crippen LogP contribution in [0.1, 0.15) is 81.8 Å². The van der Waals surface area contributed by atoms with Crippen LogP contribution in [0.5, 0.6) is 0 Å². The normalized spacial score (nSPS) is 22.7. The van der Waals surface area contributed by atoms with Crippen molar-refractivity contribution in [1.82, 2.24) is 9.62 Å². The maximum atomic E-state index is 13.2. The minimum Gasteiger partial charge on any atom is -0.353 e. The van der Waals surface area contributed by atoms with E-state index in [1.807, 2.05) is 12.1 Å². The molecule has 0 atom stereocenters. The molecule has 1 aromatic carbocycles. The number of nitrogens with zero attached hydrogens (tertiary/aromatic N) is 1. The van der Waals surface area contributed by atoms with Crippen LogP contribution in [0.15, 0.2) is 23.1 Å². The van der Waals surface area contributed by atoms with Crippen molar-refractivity contribution in [3.8, 4) is 0 Å². The Labute approximate surface area is 181 Å². The maximum absolute atomic E-state index is 13.2. The van der Waals surface area contributed by atoms with Crippen LogP contribution >= 0.6 is 0 Å². The number of fused-ring (bicyclic) bond motifs is 1. The van der Waals surface area contributed by atoms with Gasteiger partial charge in [-0.15, -0.1) is 0 Å². The molecule has 2 aliphatic carbocycles. The molecule has 1 saturated heterocycles. The van der Waals surface area contributed by atoms with E-state index < -0.39 is 10.0 Å². The van der Waals surface area contributed by atoms with Crippen molar-refractivity contribution in [2.45, 2.75) is 94.4 Å². The van der Waals surface area contributed by atoms with Crippen molar-refractivity contribution in [1.29, 1.82) is 0 Å². The van der Waals surface area contributed by atoms with Gasteiger partial charge in [-0.05, 0) is 74.6 Å². The molecule has 1 saturated carbocycles. The Balaban J connectivity index is 1.33. The van der Waals surface area contributed by atoms with Gasteiger partial charge in [0.1, 0.15) is 0 Å². The Hall–Kier alpha value is -1.40. The van der Waals surface area contributed by atoms with E-state index in [0.29, 0.717) is 36.9 Å². The molecule has 166 valence electrons. The first-order chi connectivity index (χ1) is 14.5. The fourth-order valence-corrected chi connectivity index (χ4v) is 6.82. The molecular formula is C24H36N2O3S. The molecule has 3 aliphatic rings. The highest BCUT2D eigenvalue weighted by Gasteiger charge is 2.33. The number of sulfonamides is 1. The van der Waals surface area contributed by atoms with Gasteiger partial charge in [0.15, 0.2) is 0 Å². The molecule has 1 amide bonds. The summed E-state index contributed by atoms with van der Waals surface area (Å²) in [6.45, 7) is 0.865. The summed E-state index contributed by atoms with van der Waals surface area (Å²) in [6.07, 6.45) is 14.0. The summed E-state index contributed by atoms with van der Waals surface area (Å²) >= 11 is 0. The molecule has 1 aliphatic heterocycles. The number of hydrogen-bond acceptors (Lipinski definition) is 3.